The number of benzene rings is 3. The van der Waals surface area contributed by atoms with Gasteiger partial charge in [0.15, 0.2) is 0 Å². The molecule has 100 valence electrons. The molecule has 3 rings (SSSR count). The van der Waals surface area contributed by atoms with Crippen LogP contribution < -0.4 is 5.73 Å². The van der Waals surface area contributed by atoms with Gasteiger partial charge in [0.25, 0.3) is 0 Å². The zero-order chi connectivity index (χ0) is 14.2. The molecule has 0 amide bonds. The molecule has 3 aromatic rings. The van der Waals surface area contributed by atoms with Crippen LogP contribution in [-0.4, -0.2) is 0 Å². The molecule has 20 heavy (non-hydrogen) atoms. The van der Waals surface area contributed by atoms with Crippen molar-refractivity contribution >= 4 is 26.7 Å². The zero-order valence-corrected chi connectivity index (χ0v) is 12.9. The van der Waals surface area contributed by atoms with Crippen LogP contribution in [0.3, 0.4) is 0 Å². The van der Waals surface area contributed by atoms with Crippen LogP contribution in [-0.2, 0) is 5.54 Å². The van der Waals surface area contributed by atoms with E-state index >= 15 is 0 Å². The Kier molecular flexibility index (Phi) is 3.36. The fourth-order valence-electron chi connectivity index (χ4n) is 2.55. The lowest BCUT2D eigenvalue weighted by Gasteiger charge is -2.27. The first-order valence-corrected chi connectivity index (χ1v) is 7.41. The van der Waals surface area contributed by atoms with Crippen molar-refractivity contribution in [1.29, 1.82) is 0 Å². The molecule has 1 atom stereocenters. The Labute approximate surface area is 127 Å². The van der Waals surface area contributed by atoms with Crippen molar-refractivity contribution in [1.82, 2.24) is 0 Å². The lowest BCUT2D eigenvalue weighted by Crippen LogP contribution is -2.34. The minimum Gasteiger partial charge on any atom is -0.318 e. The van der Waals surface area contributed by atoms with Crippen LogP contribution in [0.2, 0.25) is 0 Å². The van der Waals surface area contributed by atoms with E-state index in [1.807, 2.05) is 18.2 Å². The fourth-order valence-corrected chi connectivity index (χ4v) is 3.25. The van der Waals surface area contributed by atoms with Gasteiger partial charge in [-0.25, -0.2) is 0 Å². The maximum atomic E-state index is 6.62. The average molecular weight is 326 g/mol. The summed E-state index contributed by atoms with van der Waals surface area (Å²) in [6.45, 7) is 2.05. The quantitative estimate of drug-likeness (QED) is 0.717. The summed E-state index contributed by atoms with van der Waals surface area (Å²) >= 11 is 3.60. The van der Waals surface area contributed by atoms with Crippen molar-refractivity contribution in [3.05, 3.63) is 82.3 Å². The van der Waals surface area contributed by atoms with E-state index in [-0.39, 0.29) is 0 Å². The Hall–Kier alpha value is -1.64. The summed E-state index contributed by atoms with van der Waals surface area (Å²) in [5, 5.41) is 2.45. The predicted molar refractivity (Wildman–Crippen MR) is 88.7 cm³/mol. The Morgan fingerprint density at radius 1 is 0.850 bits per heavy atom. The number of hydrogen-bond donors (Lipinski definition) is 1. The molecule has 1 unspecified atom stereocenters. The van der Waals surface area contributed by atoms with Gasteiger partial charge < -0.3 is 5.73 Å². The van der Waals surface area contributed by atoms with Gasteiger partial charge in [-0.2, -0.15) is 0 Å². The Morgan fingerprint density at radius 3 is 2.25 bits per heavy atom. The summed E-state index contributed by atoms with van der Waals surface area (Å²) < 4.78 is 1.04. The minimum atomic E-state index is -0.524. The topological polar surface area (TPSA) is 26.0 Å². The van der Waals surface area contributed by atoms with Crippen molar-refractivity contribution in [2.45, 2.75) is 12.5 Å². The molecule has 0 fully saturated rings. The van der Waals surface area contributed by atoms with E-state index in [0.29, 0.717) is 0 Å². The summed E-state index contributed by atoms with van der Waals surface area (Å²) in [7, 11) is 0. The van der Waals surface area contributed by atoms with Crippen molar-refractivity contribution in [3.63, 3.8) is 0 Å². The highest BCUT2D eigenvalue weighted by molar-refractivity contribution is 9.10. The first-order chi connectivity index (χ1) is 9.59. The van der Waals surface area contributed by atoms with Crippen LogP contribution in [0.15, 0.2) is 71.2 Å². The zero-order valence-electron chi connectivity index (χ0n) is 11.3. The third-order valence-electron chi connectivity index (χ3n) is 3.78. The molecule has 0 aliphatic rings. The molecule has 0 spiro atoms. The average Bonchev–Trinajstić information content (AvgIpc) is 2.47. The molecule has 0 aromatic heterocycles. The molecular weight excluding hydrogens is 310 g/mol. The summed E-state index contributed by atoms with van der Waals surface area (Å²) in [4.78, 5) is 0. The Balaban J connectivity index is 2.16. The number of fused-ring (bicyclic) bond motifs is 1. The van der Waals surface area contributed by atoms with Crippen molar-refractivity contribution in [2.24, 2.45) is 5.73 Å². The lowest BCUT2D eigenvalue weighted by molar-refractivity contribution is 0.601. The maximum Gasteiger partial charge on any atom is 0.0648 e. The highest BCUT2D eigenvalue weighted by atomic mass is 79.9. The van der Waals surface area contributed by atoms with Crippen LogP contribution in [0.4, 0.5) is 0 Å². The molecule has 0 saturated heterocycles. The second-order valence-corrected chi connectivity index (χ2v) is 6.10. The molecule has 3 aromatic carbocycles. The van der Waals surface area contributed by atoms with Gasteiger partial charge in [-0.1, -0.05) is 70.5 Å². The largest absolute Gasteiger partial charge is 0.318 e. The summed E-state index contributed by atoms with van der Waals surface area (Å²) in [5.74, 6) is 0. The second kappa shape index (κ2) is 5.04. The van der Waals surface area contributed by atoms with Crippen LogP contribution >= 0.6 is 15.9 Å². The molecule has 0 saturated carbocycles. The van der Waals surface area contributed by atoms with Gasteiger partial charge in [0.05, 0.1) is 5.54 Å². The van der Waals surface area contributed by atoms with Gasteiger partial charge in [-0.3, -0.25) is 0 Å². The van der Waals surface area contributed by atoms with Crippen LogP contribution in [0.1, 0.15) is 18.1 Å². The molecule has 0 bridgehead atoms. The van der Waals surface area contributed by atoms with E-state index in [1.165, 1.54) is 10.8 Å². The monoisotopic (exact) mass is 325 g/mol. The highest BCUT2D eigenvalue weighted by Gasteiger charge is 2.25. The first kappa shape index (κ1) is 13.3. The second-order valence-electron chi connectivity index (χ2n) is 5.24. The van der Waals surface area contributed by atoms with Gasteiger partial charge in [0.2, 0.25) is 0 Å². The number of halogens is 1. The van der Waals surface area contributed by atoms with Crippen molar-refractivity contribution in [3.8, 4) is 0 Å². The fraction of sp³-hybridized carbons (Fsp3) is 0.111. The number of nitrogens with two attached hydrogens (primary N) is 1. The molecular formula is C18H16BrN. The first-order valence-electron chi connectivity index (χ1n) is 6.62. The molecule has 0 heterocycles. The van der Waals surface area contributed by atoms with E-state index < -0.39 is 5.54 Å². The third kappa shape index (κ3) is 2.26. The van der Waals surface area contributed by atoms with E-state index in [2.05, 4.69) is 71.4 Å². The minimum absolute atomic E-state index is 0.524. The number of rotatable bonds is 2. The van der Waals surface area contributed by atoms with Gasteiger partial charge in [0, 0.05) is 4.47 Å². The molecule has 0 aliphatic carbocycles. The summed E-state index contributed by atoms with van der Waals surface area (Å²) in [6.07, 6.45) is 0. The SMILES string of the molecule is CC(N)(c1ccc2ccccc2c1)c1ccccc1Br. The summed E-state index contributed by atoms with van der Waals surface area (Å²) in [5.41, 5.74) is 8.30. The highest BCUT2D eigenvalue weighted by Crippen LogP contribution is 2.33. The predicted octanol–water partition coefficient (Wildman–Crippen LogP) is 4.82. The van der Waals surface area contributed by atoms with E-state index in [0.717, 1.165) is 15.6 Å². The van der Waals surface area contributed by atoms with E-state index in [4.69, 9.17) is 5.73 Å². The Morgan fingerprint density at radius 2 is 1.50 bits per heavy atom. The van der Waals surface area contributed by atoms with Crippen LogP contribution in [0.25, 0.3) is 10.8 Å². The molecule has 0 radical (unpaired) electrons. The van der Waals surface area contributed by atoms with Gasteiger partial charge in [-0.15, -0.1) is 0 Å². The van der Waals surface area contributed by atoms with Gasteiger partial charge >= 0.3 is 0 Å². The van der Waals surface area contributed by atoms with Gasteiger partial charge in [-0.05, 0) is 41.0 Å². The molecule has 2 N–H and O–H groups in total. The Bertz CT molecular complexity index is 762. The van der Waals surface area contributed by atoms with E-state index in [1.54, 1.807) is 0 Å². The maximum absolute atomic E-state index is 6.62. The van der Waals surface area contributed by atoms with Crippen molar-refractivity contribution in [2.75, 3.05) is 0 Å². The summed E-state index contributed by atoms with van der Waals surface area (Å²) in [6, 6.07) is 22.9. The smallest absolute Gasteiger partial charge is 0.0648 e. The van der Waals surface area contributed by atoms with Crippen LogP contribution in [0, 0.1) is 0 Å². The normalized spacial score (nSPS) is 14.2. The molecule has 1 nitrogen and oxygen atoms in total. The van der Waals surface area contributed by atoms with Crippen LogP contribution in [0.5, 0.6) is 0 Å². The van der Waals surface area contributed by atoms with Crippen molar-refractivity contribution < 1.29 is 0 Å². The van der Waals surface area contributed by atoms with E-state index in [9.17, 15) is 0 Å². The standard InChI is InChI=1S/C18H16BrN/c1-18(20,16-8-4-5-9-17(16)19)15-11-10-13-6-2-3-7-14(13)12-15/h2-12H,20H2,1H3. The third-order valence-corrected chi connectivity index (χ3v) is 4.47. The molecule has 0 aliphatic heterocycles. The lowest BCUT2D eigenvalue weighted by atomic mass is 9.85. The molecule has 2 heteroatoms. The number of hydrogen-bond acceptors (Lipinski definition) is 1. The van der Waals surface area contributed by atoms with Gasteiger partial charge in [0.1, 0.15) is 0 Å².